The zero-order chi connectivity index (χ0) is 16.0. The number of nitrogens with zero attached hydrogens (tertiary/aromatic N) is 2. The maximum atomic E-state index is 11.8. The maximum absolute atomic E-state index is 11.8. The van der Waals surface area contributed by atoms with E-state index in [1.807, 2.05) is 13.1 Å². The molecular weight excluding hydrogens is 280 g/mol. The summed E-state index contributed by atoms with van der Waals surface area (Å²) in [7, 11) is 0. The lowest BCUT2D eigenvalue weighted by atomic mass is 9.85. The monoisotopic (exact) mass is 308 g/mol. The predicted octanol–water partition coefficient (Wildman–Crippen LogP) is 1.82. The summed E-state index contributed by atoms with van der Waals surface area (Å²) >= 11 is 0. The standard InChI is InChI=1S/C16H28N4O2/c1-13(11-20-9-8-17-14(20)2)10-18-15(21)19-12-16(22)6-4-3-5-7-16/h8-9,13,22H,3-7,10-12H2,1-2H3,(H2,18,19,21). The maximum Gasteiger partial charge on any atom is 0.314 e. The van der Waals surface area contributed by atoms with Gasteiger partial charge in [0, 0.05) is 32.0 Å². The number of urea groups is 1. The van der Waals surface area contributed by atoms with E-state index in [0.717, 1.165) is 38.1 Å². The number of hydrogen-bond donors (Lipinski definition) is 3. The van der Waals surface area contributed by atoms with Gasteiger partial charge in [-0.3, -0.25) is 0 Å². The summed E-state index contributed by atoms with van der Waals surface area (Å²) in [5.74, 6) is 1.30. The fourth-order valence-electron chi connectivity index (χ4n) is 2.96. The number of hydrogen-bond acceptors (Lipinski definition) is 3. The van der Waals surface area contributed by atoms with Crippen molar-refractivity contribution in [2.75, 3.05) is 13.1 Å². The Kier molecular flexibility index (Phi) is 5.83. The molecule has 1 aliphatic carbocycles. The molecule has 124 valence electrons. The van der Waals surface area contributed by atoms with E-state index in [1.54, 1.807) is 6.20 Å². The number of aromatic nitrogens is 2. The van der Waals surface area contributed by atoms with E-state index in [0.29, 0.717) is 19.0 Å². The smallest absolute Gasteiger partial charge is 0.314 e. The second-order valence-corrected chi connectivity index (χ2v) is 6.58. The van der Waals surface area contributed by atoms with Crippen LogP contribution in [-0.4, -0.2) is 39.4 Å². The van der Waals surface area contributed by atoms with Gasteiger partial charge in [0.1, 0.15) is 5.82 Å². The number of carbonyl (C=O) groups is 1. The van der Waals surface area contributed by atoms with Crippen molar-refractivity contribution in [2.24, 2.45) is 5.92 Å². The predicted molar refractivity (Wildman–Crippen MR) is 85.6 cm³/mol. The van der Waals surface area contributed by atoms with Gasteiger partial charge >= 0.3 is 6.03 Å². The molecule has 0 aliphatic heterocycles. The summed E-state index contributed by atoms with van der Waals surface area (Å²) in [5.41, 5.74) is -0.713. The van der Waals surface area contributed by atoms with Crippen LogP contribution in [0.1, 0.15) is 44.9 Å². The van der Waals surface area contributed by atoms with Crippen LogP contribution < -0.4 is 10.6 Å². The van der Waals surface area contributed by atoms with E-state index in [9.17, 15) is 9.90 Å². The largest absolute Gasteiger partial charge is 0.388 e. The van der Waals surface area contributed by atoms with Crippen LogP contribution in [0.2, 0.25) is 0 Å². The molecule has 0 radical (unpaired) electrons. The van der Waals surface area contributed by atoms with Gasteiger partial charge in [0.25, 0.3) is 0 Å². The zero-order valence-electron chi connectivity index (χ0n) is 13.6. The molecule has 0 saturated heterocycles. The summed E-state index contributed by atoms with van der Waals surface area (Å²) < 4.78 is 2.08. The molecule has 22 heavy (non-hydrogen) atoms. The molecule has 0 aromatic carbocycles. The van der Waals surface area contributed by atoms with Gasteiger partial charge in [-0.15, -0.1) is 0 Å². The number of carbonyl (C=O) groups excluding carboxylic acids is 1. The lowest BCUT2D eigenvalue weighted by Gasteiger charge is -2.32. The van der Waals surface area contributed by atoms with E-state index in [4.69, 9.17) is 0 Å². The van der Waals surface area contributed by atoms with Gasteiger partial charge in [0.2, 0.25) is 0 Å². The normalized spacial score (nSPS) is 18.7. The van der Waals surface area contributed by atoms with Gasteiger partial charge in [0.15, 0.2) is 0 Å². The Morgan fingerprint density at radius 3 is 2.77 bits per heavy atom. The highest BCUT2D eigenvalue weighted by Gasteiger charge is 2.29. The molecule has 1 aliphatic rings. The summed E-state index contributed by atoms with van der Waals surface area (Å²) in [6, 6.07) is -0.201. The van der Waals surface area contributed by atoms with Gasteiger partial charge in [-0.25, -0.2) is 9.78 Å². The Bertz CT molecular complexity index is 480. The minimum Gasteiger partial charge on any atom is -0.388 e. The number of aryl methyl sites for hydroxylation is 1. The van der Waals surface area contributed by atoms with Crippen LogP contribution >= 0.6 is 0 Å². The Morgan fingerprint density at radius 2 is 2.14 bits per heavy atom. The Balaban J connectivity index is 1.65. The number of aliphatic hydroxyl groups is 1. The van der Waals surface area contributed by atoms with Gasteiger partial charge in [0.05, 0.1) is 5.60 Å². The fourth-order valence-corrected chi connectivity index (χ4v) is 2.96. The molecule has 6 nitrogen and oxygen atoms in total. The van der Waals surface area contributed by atoms with Gasteiger partial charge in [-0.05, 0) is 25.7 Å². The Labute approximate surface area is 132 Å². The topological polar surface area (TPSA) is 79.2 Å². The van der Waals surface area contributed by atoms with Crippen molar-refractivity contribution < 1.29 is 9.90 Å². The molecular formula is C16H28N4O2. The molecule has 1 heterocycles. The molecule has 1 saturated carbocycles. The summed E-state index contributed by atoms with van der Waals surface area (Å²) in [6.45, 7) is 5.83. The summed E-state index contributed by atoms with van der Waals surface area (Å²) in [6.07, 6.45) is 8.56. The third-order valence-electron chi connectivity index (χ3n) is 4.41. The SMILES string of the molecule is Cc1nccn1CC(C)CNC(=O)NCC1(O)CCCCC1. The zero-order valence-corrected chi connectivity index (χ0v) is 13.6. The van der Waals surface area contributed by atoms with E-state index >= 15 is 0 Å². The average molecular weight is 308 g/mol. The molecule has 6 heteroatoms. The van der Waals surface area contributed by atoms with Gasteiger partial charge in [-0.1, -0.05) is 26.2 Å². The van der Waals surface area contributed by atoms with Crippen molar-refractivity contribution in [3.63, 3.8) is 0 Å². The van der Waals surface area contributed by atoms with Crippen LogP contribution in [0.5, 0.6) is 0 Å². The van der Waals surface area contributed by atoms with Gasteiger partial charge in [-0.2, -0.15) is 0 Å². The lowest BCUT2D eigenvalue weighted by molar-refractivity contribution is 0.00718. The van der Waals surface area contributed by atoms with Crippen molar-refractivity contribution in [3.05, 3.63) is 18.2 Å². The first-order valence-corrected chi connectivity index (χ1v) is 8.20. The van der Waals surface area contributed by atoms with E-state index in [2.05, 4.69) is 27.1 Å². The van der Waals surface area contributed by atoms with Crippen LogP contribution in [0, 0.1) is 12.8 Å². The first kappa shape index (κ1) is 16.8. The van der Waals surface area contributed by atoms with E-state index < -0.39 is 5.60 Å². The molecule has 2 rings (SSSR count). The lowest BCUT2D eigenvalue weighted by Crippen LogP contribution is -2.48. The molecule has 1 unspecified atom stereocenters. The van der Waals surface area contributed by atoms with Crippen LogP contribution in [0.4, 0.5) is 4.79 Å². The summed E-state index contributed by atoms with van der Waals surface area (Å²) in [4.78, 5) is 16.0. The Hall–Kier alpha value is -1.56. The van der Waals surface area contributed by atoms with Crippen LogP contribution in [0.25, 0.3) is 0 Å². The van der Waals surface area contributed by atoms with Crippen molar-refractivity contribution in [1.82, 2.24) is 20.2 Å². The molecule has 2 amide bonds. The number of rotatable bonds is 6. The van der Waals surface area contributed by atoms with E-state index in [1.165, 1.54) is 6.42 Å². The van der Waals surface area contributed by atoms with Crippen LogP contribution in [-0.2, 0) is 6.54 Å². The van der Waals surface area contributed by atoms with Crippen molar-refractivity contribution in [3.8, 4) is 0 Å². The third-order valence-corrected chi connectivity index (χ3v) is 4.41. The fraction of sp³-hybridized carbons (Fsp3) is 0.750. The molecule has 0 bridgehead atoms. The van der Waals surface area contributed by atoms with Crippen molar-refractivity contribution in [1.29, 1.82) is 0 Å². The highest BCUT2D eigenvalue weighted by atomic mass is 16.3. The average Bonchev–Trinajstić information content (AvgIpc) is 2.89. The molecule has 1 fully saturated rings. The highest BCUT2D eigenvalue weighted by Crippen LogP contribution is 2.27. The second kappa shape index (κ2) is 7.63. The first-order chi connectivity index (χ1) is 10.5. The van der Waals surface area contributed by atoms with Gasteiger partial charge < -0.3 is 20.3 Å². The number of nitrogens with one attached hydrogen (secondary N) is 2. The third kappa shape index (κ3) is 5.02. The van der Waals surface area contributed by atoms with Crippen LogP contribution in [0.15, 0.2) is 12.4 Å². The molecule has 3 N–H and O–H groups in total. The minimum absolute atomic E-state index is 0.201. The van der Waals surface area contributed by atoms with E-state index in [-0.39, 0.29) is 6.03 Å². The molecule has 0 spiro atoms. The van der Waals surface area contributed by atoms with Crippen LogP contribution in [0.3, 0.4) is 0 Å². The highest BCUT2D eigenvalue weighted by molar-refractivity contribution is 5.73. The minimum atomic E-state index is -0.713. The Morgan fingerprint density at radius 1 is 1.41 bits per heavy atom. The molecule has 1 atom stereocenters. The number of amides is 2. The quantitative estimate of drug-likeness (QED) is 0.750. The summed E-state index contributed by atoms with van der Waals surface area (Å²) in [5, 5.41) is 16.0. The second-order valence-electron chi connectivity index (χ2n) is 6.58. The molecule has 1 aromatic heterocycles. The van der Waals surface area contributed by atoms with Crippen molar-refractivity contribution >= 4 is 6.03 Å². The molecule has 1 aromatic rings. The van der Waals surface area contributed by atoms with Crippen molar-refractivity contribution in [2.45, 2.75) is 58.1 Å². The first-order valence-electron chi connectivity index (χ1n) is 8.20. The number of imidazole rings is 1.